The van der Waals surface area contributed by atoms with Crippen molar-refractivity contribution in [2.45, 2.75) is 13.3 Å². The van der Waals surface area contributed by atoms with Crippen molar-refractivity contribution in [3.63, 3.8) is 0 Å². The largest absolute Gasteiger partial charge is 0.354 e. The minimum Gasteiger partial charge on any atom is -0.354 e. The molecule has 0 aliphatic rings. The van der Waals surface area contributed by atoms with Gasteiger partial charge in [0.25, 0.3) is 0 Å². The van der Waals surface area contributed by atoms with Gasteiger partial charge >= 0.3 is 0 Å². The highest BCUT2D eigenvalue weighted by atomic mass is 79.9. The lowest BCUT2D eigenvalue weighted by Gasteiger charge is -2.09. The number of nitrogens with one attached hydrogen (secondary N) is 2. The van der Waals surface area contributed by atoms with Gasteiger partial charge in [0.2, 0.25) is 11.8 Å². The summed E-state index contributed by atoms with van der Waals surface area (Å²) in [6.07, 6.45) is 0.220. The molecule has 0 radical (unpaired) electrons. The number of nitrogens with two attached hydrogens (primary N) is 1. The first-order chi connectivity index (χ1) is 8.52. The molecule has 1 rings (SSSR count). The Hall–Kier alpha value is -1.11. The lowest BCUT2D eigenvalue weighted by molar-refractivity contribution is -0.120. The van der Waals surface area contributed by atoms with Crippen molar-refractivity contribution in [2.24, 2.45) is 5.73 Å². The molecule has 0 aliphatic heterocycles. The molecule has 7 heteroatoms. The number of aryl methyl sites for hydroxylation is 1. The first-order valence-corrected chi connectivity index (χ1v) is 6.35. The van der Waals surface area contributed by atoms with Crippen molar-refractivity contribution >= 4 is 45.8 Å². The van der Waals surface area contributed by atoms with Crippen LogP contribution in [0.4, 0.5) is 5.69 Å². The summed E-state index contributed by atoms with van der Waals surface area (Å²) in [5.41, 5.74) is 6.88. The lowest BCUT2D eigenvalue weighted by atomic mass is 10.2. The van der Waals surface area contributed by atoms with Gasteiger partial charge in [-0.15, -0.1) is 12.4 Å². The van der Waals surface area contributed by atoms with Gasteiger partial charge in [-0.05, 0) is 24.6 Å². The van der Waals surface area contributed by atoms with Crippen LogP contribution in [0.3, 0.4) is 0 Å². The van der Waals surface area contributed by atoms with Crippen LogP contribution in [0.15, 0.2) is 22.7 Å². The average Bonchev–Trinajstić information content (AvgIpc) is 2.33. The highest BCUT2D eigenvalue weighted by molar-refractivity contribution is 9.10. The molecule has 4 N–H and O–H groups in total. The third-order valence-corrected chi connectivity index (χ3v) is 2.83. The average molecular weight is 351 g/mol. The summed E-state index contributed by atoms with van der Waals surface area (Å²) < 4.78 is 0.903. The molecule has 0 bridgehead atoms. The molecule has 0 unspecified atom stereocenters. The van der Waals surface area contributed by atoms with Crippen molar-refractivity contribution < 1.29 is 9.59 Å². The predicted molar refractivity (Wildman–Crippen MR) is 81.4 cm³/mol. The molecule has 0 aromatic heterocycles. The number of benzene rings is 1. The quantitative estimate of drug-likeness (QED) is 0.754. The molecule has 0 atom stereocenters. The maximum absolute atomic E-state index is 11.6. The molecule has 5 nitrogen and oxygen atoms in total. The molecule has 106 valence electrons. The Bertz CT molecular complexity index is 455. The van der Waals surface area contributed by atoms with Gasteiger partial charge in [-0.2, -0.15) is 0 Å². The molecule has 0 aliphatic carbocycles. The van der Waals surface area contributed by atoms with E-state index in [2.05, 4.69) is 26.6 Å². The van der Waals surface area contributed by atoms with Crippen LogP contribution in [0.1, 0.15) is 12.0 Å². The summed E-state index contributed by atoms with van der Waals surface area (Å²) >= 11 is 3.35. The number of carbonyl (C=O) groups excluding carboxylic acids is 2. The van der Waals surface area contributed by atoms with Crippen LogP contribution in [0.2, 0.25) is 0 Å². The Labute approximate surface area is 126 Å². The number of carbonyl (C=O) groups is 2. The maximum atomic E-state index is 11.6. The van der Waals surface area contributed by atoms with Crippen LogP contribution < -0.4 is 16.4 Å². The smallest absolute Gasteiger partial charge is 0.233 e. The van der Waals surface area contributed by atoms with E-state index in [9.17, 15) is 9.59 Å². The number of halogens is 2. The van der Waals surface area contributed by atoms with Gasteiger partial charge in [-0.1, -0.05) is 22.0 Å². The third kappa shape index (κ3) is 6.56. The molecular formula is C12H17BrClN3O2. The number of amides is 2. The first-order valence-electron chi connectivity index (χ1n) is 5.55. The molecule has 0 saturated heterocycles. The summed E-state index contributed by atoms with van der Waals surface area (Å²) in [5, 5.41) is 5.33. The standard InChI is InChI=1S/C12H16BrN3O2.ClH/c1-8-2-3-9(13)6-10(8)16-11(17)4-5-15-12(18)7-14;/h2-3,6H,4-5,7,14H2,1H3,(H,15,18)(H,16,17);1H. The van der Waals surface area contributed by atoms with E-state index in [4.69, 9.17) is 5.73 Å². The molecule has 0 saturated carbocycles. The lowest BCUT2D eigenvalue weighted by Crippen LogP contribution is -2.32. The number of anilines is 1. The highest BCUT2D eigenvalue weighted by Crippen LogP contribution is 2.20. The zero-order chi connectivity index (χ0) is 13.5. The van der Waals surface area contributed by atoms with Gasteiger partial charge in [0, 0.05) is 23.1 Å². The van der Waals surface area contributed by atoms with Crippen molar-refractivity contribution in [1.29, 1.82) is 0 Å². The van der Waals surface area contributed by atoms with E-state index in [1.165, 1.54) is 0 Å². The Morgan fingerprint density at radius 3 is 2.63 bits per heavy atom. The van der Waals surface area contributed by atoms with E-state index in [-0.39, 0.29) is 43.7 Å². The van der Waals surface area contributed by atoms with E-state index in [1.807, 2.05) is 25.1 Å². The minimum atomic E-state index is -0.263. The second-order valence-electron chi connectivity index (χ2n) is 3.81. The zero-order valence-corrected chi connectivity index (χ0v) is 12.9. The summed E-state index contributed by atoms with van der Waals surface area (Å²) in [7, 11) is 0. The van der Waals surface area contributed by atoms with Crippen molar-refractivity contribution in [1.82, 2.24) is 5.32 Å². The Morgan fingerprint density at radius 2 is 2.00 bits per heavy atom. The molecule has 0 heterocycles. The van der Waals surface area contributed by atoms with Crippen LogP contribution in [0.25, 0.3) is 0 Å². The Kier molecular flexibility index (Phi) is 8.38. The van der Waals surface area contributed by atoms with Gasteiger partial charge in [0.1, 0.15) is 0 Å². The molecule has 1 aromatic carbocycles. The topological polar surface area (TPSA) is 84.2 Å². The van der Waals surface area contributed by atoms with E-state index in [0.29, 0.717) is 0 Å². The van der Waals surface area contributed by atoms with Gasteiger partial charge < -0.3 is 16.4 Å². The van der Waals surface area contributed by atoms with Crippen LogP contribution in [0.5, 0.6) is 0 Å². The first kappa shape index (κ1) is 17.9. The van der Waals surface area contributed by atoms with Crippen molar-refractivity contribution in [3.8, 4) is 0 Å². The Morgan fingerprint density at radius 1 is 1.32 bits per heavy atom. The molecule has 2 amide bonds. The van der Waals surface area contributed by atoms with Gasteiger partial charge in [0.05, 0.1) is 6.54 Å². The van der Waals surface area contributed by atoms with E-state index in [0.717, 1.165) is 15.7 Å². The normalized spacial score (nSPS) is 9.42. The Balaban J connectivity index is 0.00000324. The third-order valence-electron chi connectivity index (χ3n) is 2.33. The van der Waals surface area contributed by atoms with Gasteiger partial charge in [-0.3, -0.25) is 9.59 Å². The van der Waals surface area contributed by atoms with Crippen molar-refractivity contribution in [2.75, 3.05) is 18.4 Å². The fourth-order valence-electron chi connectivity index (χ4n) is 1.33. The zero-order valence-electron chi connectivity index (χ0n) is 10.5. The fraction of sp³-hybridized carbons (Fsp3) is 0.333. The summed E-state index contributed by atoms with van der Waals surface area (Å²) in [4.78, 5) is 22.5. The number of rotatable bonds is 5. The number of hydrogen-bond donors (Lipinski definition) is 3. The molecular weight excluding hydrogens is 334 g/mol. The van der Waals surface area contributed by atoms with Gasteiger partial charge in [-0.25, -0.2) is 0 Å². The second-order valence-corrected chi connectivity index (χ2v) is 4.73. The minimum absolute atomic E-state index is 0. The molecule has 19 heavy (non-hydrogen) atoms. The summed E-state index contributed by atoms with van der Waals surface area (Å²) in [5.74, 6) is -0.407. The van der Waals surface area contributed by atoms with Gasteiger partial charge in [0.15, 0.2) is 0 Å². The van der Waals surface area contributed by atoms with E-state index in [1.54, 1.807) is 0 Å². The van der Waals surface area contributed by atoms with Crippen LogP contribution in [-0.4, -0.2) is 24.9 Å². The monoisotopic (exact) mass is 349 g/mol. The fourth-order valence-corrected chi connectivity index (χ4v) is 1.69. The predicted octanol–water partition coefficient (Wildman–Crippen LogP) is 1.58. The molecule has 0 spiro atoms. The molecule has 1 aromatic rings. The SMILES string of the molecule is Cc1ccc(Br)cc1NC(=O)CCNC(=O)CN.Cl. The second kappa shape index (κ2) is 8.90. The summed E-state index contributed by atoms with van der Waals surface area (Å²) in [6.45, 7) is 2.14. The van der Waals surface area contributed by atoms with Crippen LogP contribution in [0, 0.1) is 6.92 Å². The maximum Gasteiger partial charge on any atom is 0.233 e. The number of hydrogen-bond acceptors (Lipinski definition) is 3. The van der Waals surface area contributed by atoms with E-state index >= 15 is 0 Å². The van der Waals surface area contributed by atoms with E-state index < -0.39 is 0 Å². The molecule has 0 fully saturated rings. The van der Waals surface area contributed by atoms with Crippen LogP contribution in [-0.2, 0) is 9.59 Å². The van der Waals surface area contributed by atoms with Crippen molar-refractivity contribution in [3.05, 3.63) is 28.2 Å². The highest BCUT2D eigenvalue weighted by Gasteiger charge is 2.06. The summed E-state index contributed by atoms with van der Waals surface area (Å²) in [6, 6.07) is 5.66. The van der Waals surface area contributed by atoms with Crippen LogP contribution >= 0.6 is 28.3 Å².